The van der Waals surface area contributed by atoms with Crippen LogP contribution in [0.1, 0.15) is 380 Å². The molecule has 0 heterocycles. The summed E-state index contributed by atoms with van der Waals surface area (Å²) in [5.41, 5.74) is 0. The second-order valence-electron chi connectivity index (χ2n) is 23.9. The minimum Gasteiger partial charge on any atom is -0.466 e. The molecule has 0 fully saturated rings. The topological polar surface area (TPSA) is 95.9 Å². The van der Waals surface area contributed by atoms with E-state index in [1.54, 1.807) is 0 Å². The molecule has 6 heteroatoms. The summed E-state index contributed by atoms with van der Waals surface area (Å²) in [6.45, 7) is 4.94. The average molecular weight is 1080 g/mol. The first kappa shape index (κ1) is 75.1. The molecule has 0 aromatic heterocycles. The normalized spacial score (nSPS) is 12.7. The van der Waals surface area contributed by atoms with Crippen molar-refractivity contribution in [2.75, 3.05) is 13.2 Å². The monoisotopic (exact) mass is 1080 g/mol. The molecule has 0 saturated heterocycles. The lowest BCUT2D eigenvalue weighted by atomic mass is 10.0. The van der Waals surface area contributed by atoms with Gasteiger partial charge in [0.1, 0.15) is 0 Å². The highest BCUT2D eigenvalue weighted by Gasteiger charge is 2.20. The Morgan fingerprint density at radius 2 is 0.649 bits per heavy atom. The maximum absolute atomic E-state index is 12.5. The number of rotatable bonds is 65. The van der Waals surface area contributed by atoms with Crippen LogP contribution >= 0.6 is 0 Å². The zero-order valence-corrected chi connectivity index (χ0v) is 52.0. The van der Waals surface area contributed by atoms with Gasteiger partial charge in [-0.15, -0.1) is 0 Å². The lowest BCUT2D eigenvalue weighted by Gasteiger charge is -2.22. The Hall–Kier alpha value is -1.92. The first-order valence-corrected chi connectivity index (χ1v) is 34.7. The predicted octanol–water partition coefficient (Wildman–Crippen LogP) is 22.3. The van der Waals surface area contributed by atoms with Gasteiger partial charge in [0, 0.05) is 12.8 Å². The highest BCUT2D eigenvalue weighted by Crippen LogP contribution is 2.18. The van der Waals surface area contributed by atoms with E-state index < -0.39 is 12.1 Å². The summed E-state index contributed by atoms with van der Waals surface area (Å²) < 4.78 is 5.49. The molecule has 0 aliphatic carbocycles. The number of nitrogens with one attached hydrogen (secondary N) is 1. The number of amides is 1. The second-order valence-corrected chi connectivity index (χ2v) is 23.9. The zero-order valence-electron chi connectivity index (χ0n) is 52.0. The van der Waals surface area contributed by atoms with Crippen molar-refractivity contribution in [3.63, 3.8) is 0 Å². The van der Waals surface area contributed by atoms with Gasteiger partial charge < -0.3 is 20.3 Å². The number of hydrogen-bond acceptors (Lipinski definition) is 5. The second kappa shape index (κ2) is 66.6. The van der Waals surface area contributed by atoms with Crippen LogP contribution < -0.4 is 5.32 Å². The van der Waals surface area contributed by atoms with Crippen molar-refractivity contribution in [3.05, 3.63) is 36.5 Å². The molecule has 1 amide bonds. The summed E-state index contributed by atoms with van der Waals surface area (Å²) in [5, 5.41) is 23.2. The maximum atomic E-state index is 12.5. The summed E-state index contributed by atoms with van der Waals surface area (Å²) in [6.07, 6.45) is 84.9. The highest BCUT2D eigenvalue weighted by atomic mass is 16.5. The van der Waals surface area contributed by atoms with Crippen LogP contribution in [0.2, 0.25) is 0 Å². The molecule has 2 atom stereocenters. The van der Waals surface area contributed by atoms with Gasteiger partial charge in [0.2, 0.25) is 5.91 Å². The number of esters is 1. The molecule has 77 heavy (non-hydrogen) atoms. The molecule has 0 radical (unpaired) electrons. The van der Waals surface area contributed by atoms with E-state index in [0.29, 0.717) is 25.9 Å². The number of unbranched alkanes of at least 4 members (excludes halogenated alkanes) is 48. The molecule has 0 aliphatic rings. The van der Waals surface area contributed by atoms with Crippen molar-refractivity contribution in [2.24, 2.45) is 0 Å². The van der Waals surface area contributed by atoms with Crippen molar-refractivity contribution in [2.45, 2.75) is 392 Å². The number of aliphatic hydroxyl groups is 2. The predicted molar refractivity (Wildman–Crippen MR) is 338 cm³/mol. The van der Waals surface area contributed by atoms with E-state index in [2.05, 4.69) is 55.6 Å². The Morgan fingerprint density at radius 3 is 1.01 bits per heavy atom. The number of carbonyl (C=O) groups excluding carboxylic acids is 2. The molecule has 2 unspecified atom stereocenters. The van der Waals surface area contributed by atoms with Crippen molar-refractivity contribution in [3.8, 4) is 0 Å². The fourth-order valence-corrected chi connectivity index (χ4v) is 10.8. The summed E-state index contributed by atoms with van der Waals surface area (Å²) in [6, 6.07) is -0.538. The van der Waals surface area contributed by atoms with Crippen molar-refractivity contribution >= 4 is 11.9 Å². The van der Waals surface area contributed by atoms with Crippen LogP contribution in [0.3, 0.4) is 0 Å². The summed E-state index contributed by atoms with van der Waals surface area (Å²) >= 11 is 0. The third kappa shape index (κ3) is 63.1. The molecular weight excluding hydrogens is 947 g/mol. The molecule has 0 aromatic carbocycles. The van der Waals surface area contributed by atoms with E-state index in [9.17, 15) is 19.8 Å². The molecule has 454 valence electrons. The molecular formula is C71H135NO5. The lowest BCUT2D eigenvalue weighted by molar-refractivity contribution is -0.143. The van der Waals surface area contributed by atoms with Gasteiger partial charge >= 0.3 is 5.97 Å². The van der Waals surface area contributed by atoms with Crippen molar-refractivity contribution in [1.82, 2.24) is 5.32 Å². The van der Waals surface area contributed by atoms with Gasteiger partial charge in [-0.3, -0.25) is 9.59 Å². The molecule has 6 nitrogen and oxygen atoms in total. The quantitative estimate of drug-likeness (QED) is 0.0320. The molecule has 0 saturated carbocycles. The summed E-state index contributed by atoms with van der Waals surface area (Å²) in [7, 11) is 0. The van der Waals surface area contributed by atoms with E-state index in [0.717, 1.165) is 51.4 Å². The first-order chi connectivity index (χ1) is 38.0. The van der Waals surface area contributed by atoms with Gasteiger partial charge in [0.25, 0.3) is 0 Å². The van der Waals surface area contributed by atoms with Crippen LogP contribution in [0.4, 0.5) is 0 Å². The third-order valence-corrected chi connectivity index (χ3v) is 16.2. The molecule has 0 aliphatic heterocycles. The number of carbonyl (C=O) groups is 2. The fourth-order valence-electron chi connectivity index (χ4n) is 10.8. The van der Waals surface area contributed by atoms with Gasteiger partial charge in [-0.25, -0.2) is 0 Å². The zero-order chi connectivity index (χ0) is 55.7. The van der Waals surface area contributed by atoms with Crippen LogP contribution in [0, 0.1) is 0 Å². The van der Waals surface area contributed by atoms with Gasteiger partial charge in [-0.2, -0.15) is 0 Å². The van der Waals surface area contributed by atoms with E-state index in [1.165, 1.54) is 295 Å². The standard InChI is InChI=1S/C71H135NO5/c1-3-5-7-9-11-13-15-16-17-38-41-45-49-53-57-61-65-71(76)77-66-62-58-54-50-46-42-39-36-34-32-30-28-26-24-22-20-18-19-21-23-25-27-29-31-33-35-37-40-44-48-52-56-60-64-70(75)72-68(67-73)69(74)63-59-55-51-47-43-14-12-10-8-6-4-2/h13,15,17,22,24,38,68-69,73-74H,3-12,14,16,18-21,23,25-37,39-67H2,1-2H3,(H,72,75)/b15-13-,24-22-,38-17-. The van der Waals surface area contributed by atoms with Gasteiger partial charge in [-0.05, 0) is 83.5 Å². The SMILES string of the molecule is CCCCCC/C=C\C/C=C\CCCCCCCC(=O)OCCCCCCCCCCCCCC/C=C\CCCCCCCCCCCCCCCCCCCC(=O)NC(CO)C(O)CCCCCCCCCCCCC. The largest absolute Gasteiger partial charge is 0.466 e. The van der Waals surface area contributed by atoms with Gasteiger partial charge in [0.15, 0.2) is 0 Å². The Morgan fingerprint density at radius 1 is 0.364 bits per heavy atom. The molecule has 0 spiro atoms. The number of hydrogen-bond donors (Lipinski definition) is 3. The number of allylic oxidation sites excluding steroid dienone is 6. The fraction of sp³-hybridized carbons (Fsp3) is 0.887. The van der Waals surface area contributed by atoms with Gasteiger partial charge in [-0.1, -0.05) is 320 Å². The van der Waals surface area contributed by atoms with Crippen LogP contribution in [0.25, 0.3) is 0 Å². The third-order valence-electron chi connectivity index (χ3n) is 16.2. The smallest absolute Gasteiger partial charge is 0.305 e. The molecule has 0 aromatic rings. The highest BCUT2D eigenvalue weighted by molar-refractivity contribution is 5.76. The Labute approximate surface area is 481 Å². The average Bonchev–Trinajstić information content (AvgIpc) is 3.43. The number of aliphatic hydroxyl groups excluding tert-OH is 2. The summed E-state index contributed by atoms with van der Waals surface area (Å²) in [5.74, 6) is -0.0261. The van der Waals surface area contributed by atoms with E-state index in [-0.39, 0.29) is 18.5 Å². The molecule has 0 rings (SSSR count). The van der Waals surface area contributed by atoms with E-state index in [1.807, 2.05) is 0 Å². The Balaban J connectivity index is 3.33. The van der Waals surface area contributed by atoms with Crippen LogP contribution in [-0.4, -0.2) is 47.4 Å². The Kier molecular flexibility index (Phi) is 64.9. The minimum absolute atomic E-state index is 0.00538. The number of ether oxygens (including phenoxy) is 1. The van der Waals surface area contributed by atoms with Crippen LogP contribution in [0.15, 0.2) is 36.5 Å². The lowest BCUT2D eigenvalue weighted by Crippen LogP contribution is -2.45. The van der Waals surface area contributed by atoms with E-state index >= 15 is 0 Å². The van der Waals surface area contributed by atoms with Crippen LogP contribution in [-0.2, 0) is 14.3 Å². The van der Waals surface area contributed by atoms with Crippen molar-refractivity contribution < 1.29 is 24.5 Å². The molecule has 3 N–H and O–H groups in total. The maximum Gasteiger partial charge on any atom is 0.305 e. The van der Waals surface area contributed by atoms with E-state index in [4.69, 9.17) is 4.74 Å². The van der Waals surface area contributed by atoms with Crippen LogP contribution in [0.5, 0.6) is 0 Å². The van der Waals surface area contributed by atoms with Gasteiger partial charge in [0.05, 0.1) is 25.4 Å². The first-order valence-electron chi connectivity index (χ1n) is 34.7. The summed E-state index contributed by atoms with van der Waals surface area (Å²) in [4.78, 5) is 24.5. The van der Waals surface area contributed by atoms with Crippen molar-refractivity contribution in [1.29, 1.82) is 0 Å². The minimum atomic E-state index is -0.660. The Bertz CT molecular complexity index is 1250. The molecule has 0 bridgehead atoms.